The van der Waals surface area contributed by atoms with Gasteiger partial charge in [-0.25, -0.2) is 5.43 Å². The lowest BCUT2D eigenvalue weighted by molar-refractivity contribution is -0.119. The Bertz CT molecular complexity index is 638. The van der Waals surface area contributed by atoms with Crippen LogP contribution >= 0.6 is 11.6 Å². The summed E-state index contributed by atoms with van der Waals surface area (Å²) in [4.78, 5) is 11.6. The van der Waals surface area contributed by atoms with Gasteiger partial charge in [0.2, 0.25) is 0 Å². The van der Waals surface area contributed by atoms with Crippen LogP contribution < -0.4 is 10.7 Å². The summed E-state index contributed by atoms with van der Waals surface area (Å²) in [5.41, 5.74) is 5.29. The predicted octanol–water partition coefficient (Wildman–Crippen LogP) is 3.21. The third-order valence-corrected chi connectivity index (χ3v) is 3.12. The first-order valence-electron chi connectivity index (χ1n) is 6.52. The zero-order valence-corrected chi connectivity index (χ0v) is 12.4. The highest BCUT2D eigenvalue weighted by atomic mass is 35.5. The third kappa shape index (κ3) is 4.93. The minimum Gasteiger partial charge on any atom is -0.375 e. The van der Waals surface area contributed by atoms with Crippen LogP contribution in [0.4, 0.5) is 5.69 Å². The number of halogens is 1. The van der Waals surface area contributed by atoms with Crippen LogP contribution in [0.15, 0.2) is 53.6 Å². The summed E-state index contributed by atoms with van der Waals surface area (Å²) in [7, 11) is 0. The van der Waals surface area contributed by atoms with Gasteiger partial charge in [-0.1, -0.05) is 53.6 Å². The van der Waals surface area contributed by atoms with Gasteiger partial charge in [0.1, 0.15) is 0 Å². The maximum atomic E-state index is 11.6. The number of aryl methyl sites for hydroxylation is 1. The fourth-order valence-electron chi connectivity index (χ4n) is 1.65. The number of carbonyl (C=O) groups excluding carboxylic acids is 1. The van der Waals surface area contributed by atoms with Crippen LogP contribution in [0, 0.1) is 6.92 Å². The van der Waals surface area contributed by atoms with Gasteiger partial charge in [0.15, 0.2) is 0 Å². The number of rotatable bonds is 5. The molecular formula is C16H16ClN3O. The molecule has 0 atom stereocenters. The van der Waals surface area contributed by atoms with E-state index in [2.05, 4.69) is 15.8 Å². The molecule has 0 unspecified atom stereocenters. The normalized spacial score (nSPS) is 10.6. The largest absolute Gasteiger partial charge is 0.375 e. The van der Waals surface area contributed by atoms with Crippen molar-refractivity contribution in [1.29, 1.82) is 0 Å². The number of anilines is 1. The second kappa shape index (κ2) is 7.45. The second-order valence-corrected chi connectivity index (χ2v) is 4.94. The van der Waals surface area contributed by atoms with Gasteiger partial charge in [-0.3, -0.25) is 4.79 Å². The highest BCUT2D eigenvalue weighted by molar-refractivity contribution is 6.33. The van der Waals surface area contributed by atoms with Crippen LogP contribution in [0.3, 0.4) is 0 Å². The molecular weight excluding hydrogens is 286 g/mol. The molecule has 0 saturated heterocycles. The summed E-state index contributed by atoms with van der Waals surface area (Å²) in [6.45, 7) is 2.12. The van der Waals surface area contributed by atoms with E-state index in [1.807, 2.05) is 49.4 Å². The molecule has 0 aromatic heterocycles. The Hall–Kier alpha value is -2.33. The monoisotopic (exact) mass is 301 g/mol. The summed E-state index contributed by atoms with van der Waals surface area (Å²) in [5, 5.41) is 7.44. The molecule has 2 rings (SSSR count). The maximum Gasteiger partial charge on any atom is 0.259 e. The smallest absolute Gasteiger partial charge is 0.259 e. The highest BCUT2D eigenvalue weighted by Crippen LogP contribution is 2.19. The van der Waals surface area contributed by atoms with Crippen LogP contribution in [0.25, 0.3) is 0 Å². The Morgan fingerprint density at radius 3 is 2.62 bits per heavy atom. The average Bonchev–Trinajstić information content (AvgIpc) is 2.48. The average molecular weight is 302 g/mol. The van der Waals surface area contributed by atoms with Crippen molar-refractivity contribution in [2.45, 2.75) is 6.92 Å². The van der Waals surface area contributed by atoms with E-state index in [-0.39, 0.29) is 12.5 Å². The first-order valence-corrected chi connectivity index (χ1v) is 6.90. The van der Waals surface area contributed by atoms with E-state index in [0.29, 0.717) is 5.02 Å². The summed E-state index contributed by atoms with van der Waals surface area (Å²) in [5.74, 6) is -0.238. The zero-order valence-electron chi connectivity index (χ0n) is 11.6. The second-order valence-electron chi connectivity index (χ2n) is 4.54. The molecule has 5 heteroatoms. The molecule has 2 aromatic carbocycles. The molecule has 2 aromatic rings. The van der Waals surface area contributed by atoms with E-state index in [0.717, 1.165) is 11.3 Å². The Morgan fingerprint density at radius 1 is 1.19 bits per heavy atom. The molecule has 0 fully saturated rings. The molecule has 0 aliphatic heterocycles. The molecule has 21 heavy (non-hydrogen) atoms. The number of hydrogen-bond acceptors (Lipinski definition) is 3. The van der Waals surface area contributed by atoms with Gasteiger partial charge in [0, 0.05) is 0 Å². The lowest BCUT2D eigenvalue weighted by atomic mass is 10.2. The molecule has 0 saturated carbocycles. The highest BCUT2D eigenvalue weighted by Gasteiger charge is 2.01. The predicted molar refractivity (Wildman–Crippen MR) is 86.9 cm³/mol. The Morgan fingerprint density at radius 2 is 1.90 bits per heavy atom. The summed E-state index contributed by atoms with van der Waals surface area (Å²) < 4.78 is 0. The van der Waals surface area contributed by atoms with Gasteiger partial charge in [0.25, 0.3) is 5.91 Å². The van der Waals surface area contributed by atoms with Gasteiger partial charge >= 0.3 is 0 Å². The molecule has 0 bridgehead atoms. The first-order chi connectivity index (χ1) is 10.1. The molecule has 0 aliphatic rings. The number of nitrogens with one attached hydrogen (secondary N) is 2. The molecule has 0 spiro atoms. The molecule has 0 aliphatic carbocycles. The Balaban J connectivity index is 1.80. The van der Waals surface area contributed by atoms with Gasteiger partial charge < -0.3 is 5.32 Å². The van der Waals surface area contributed by atoms with Crippen LogP contribution in [0.1, 0.15) is 11.1 Å². The van der Waals surface area contributed by atoms with Crippen molar-refractivity contribution in [2.75, 3.05) is 11.9 Å². The standard InChI is InChI=1S/C16H16ClN3O/c1-12-6-8-13(9-7-12)10-19-20-16(21)11-18-15-5-3-2-4-14(15)17/h2-10,18H,11H2,1H3,(H,20,21). The topological polar surface area (TPSA) is 53.5 Å². The van der Waals surface area contributed by atoms with Crippen molar-refractivity contribution >= 4 is 29.4 Å². The van der Waals surface area contributed by atoms with Crippen molar-refractivity contribution in [3.8, 4) is 0 Å². The first kappa shape index (κ1) is 15.1. The SMILES string of the molecule is Cc1ccc(C=NNC(=O)CNc2ccccc2Cl)cc1. The van der Waals surface area contributed by atoms with Crippen molar-refractivity contribution in [1.82, 2.24) is 5.43 Å². The minimum absolute atomic E-state index is 0.106. The van der Waals surface area contributed by atoms with Gasteiger partial charge in [-0.2, -0.15) is 5.10 Å². The lowest BCUT2D eigenvalue weighted by Gasteiger charge is -2.06. The van der Waals surface area contributed by atoms with Crippen molar-refractivity contribution < 1.29 is 4.79 Å². The molecule has 1 amide bonds. The van der Waals surface area contributed by atoms with Crippen molar-refractivity contribution in [2.24, 2.45) is 5.10 Å². The van der Waals surface area contributed by atoms with Gasteiger partial charge in [0.05, 0.1) is 23.5 Å². The molecule has 0 radical (unpaired) electrons. The number of benzene rings is 2. The number of nitrogens with zero attached hydrogens (tertiary/aromatic N) is 1. The number of hydrazone groups is 1. The summed E-state index contributed by atoms with van der Waals surface area (Å²) in [6, 6.07) is 15.1. The van der Waals surface area contributed by atoms with E-state index in [4.69, 9.17) is 11.6 Å². The van der Waals surface area contributed by atoms with E-state index in [1.54, 1.807) is 12.3 Å². The zero-order chi connectivity index (χ0) is 15.1. The minimum atomic E-state index is -0.238. The fraction of sp³-hybridized carbons (Fsp3) is 0.125. The van der Waals surface area contributed by atoms with Gasteiger partial charge in [-0.15, -0.1) is 0 Å². The summed E-state index contributed by atoms with van der Waals surface area (Å²) in [6.07, 6.45) is 1.60. The van der Waals surface area contributed by atoms with E-state index in [1.165, 1.54) is 5.56 Å². The van der Waals surface area contributed by atoms with E-state index < -0.39 is 0 Å². The number of hydrogen-bond donors (Lipinski definition) is 2. The molecule has 4 nitrogen and oxygen atoms in total. The maximum absolute atomic E-state index is 11.6. The number of amides is 1. The lowest BCUT2D eigenvalue weighted by Crippen LogP contribution is -2.25. The molecule has 108 valence electrons. The van der Waals surface area contributed by atoms with Crippen LogP contribution in [-0.2, 0) is 4.79 Å². The van der Waals surface area contributed by atoms with Crippen LogP contribution in [0.2, 0.25) is 5.02 Å². The number of para-hydroxylation sites is 1. The molecule has 2 N–H and O–H groups in total. The number of carbonyl (C=O) groups is 1. The van der Waals surface area contributed by atoms with Gasteiger partial charge in [-0.05, 0) is 24.6 Å². The quantitative estimate of drug-likeness (QED) is 0.658. The summed E-state index contributed by atoms with van der Waals surface area (Å²) >= 11 is 5.98. The van der Waals surface area contributed by atoms with Crippen molar-refractivity contribution in [3.63, 3.8) is 0 Å². The fourth-order valence-corrected chi connectivity index (χ4v) is 1.85. The van der Waals surface area contributed by atoms with E-state index in [9.17, 15) is 4.79 Å². The Labute approximate surface area is 128 Å². The van der Waals surface area contributed by atoms with Crippen LogP contribution in [0.5, 0.6) is 0 Å². The molecule has 0 heterocycles. The van der Waals surface area contributed by atoms with E-state index >= 15 is 0 Å². The Kier molecular flexibility index (Phi) is 5.35. The van der Waals surface area contributed by atoms with Crippen LogP contribution in [-0.4, -0.2) is 18.7 Å². The van der Waals surface area contributed by atoms with Crippen molar-refractivity contribution in [3.05, 3.63) is 64.7 Å². The third-order valence-electron chi connectivity index (χ3n) is 2.79.